The zero-order chi connectivity index (χ0) is 24.3. The molecule has 2 aromatic rings. The van der Waals surface area contributed by atoms with E-state index in [1.165, 1.54) is 4.31 Å². The molecule has 1 aromatic carbocycles. The van der Waals surface area contributed by atoms with Gasteiger partial charge in [0.15, 0.2) is 0 Å². The Labute approximate surface area is 196 Å². The molecule has 1 amide bonds. The predicted octanol–water partition coefficient (Wildman–Crippen LogP) is 3.42. The van der Waals surface area contributed by atoms with Crippen molar-refractivity contribution in [3.05, 3.63) is 46.8 Å². The molecule has 9 heteroatoms. The van der Waals surface area contributed by atoms with Gasteiger partial charge in [-0.15, -0.1) is 0 Å². The number of rotatable bonds is 7. The van der Waals surface area contributed by atoms with Crippen LogP contribution in [0.4, 0.5) is 5.69 Å². The molecule has 8 nitrogen and oxygen atoms in total. The van der Waals surface area contributed by atoms with Crippen LogP contribution in [0, 0.1) is 19.8 Å². The van der Waals surface area contributed by atoms with Crippen LogP contribution in [0.25, 0.3) is 0 Å². The summed E-state index contributed by atoms with van der Waals surface area (Å²) in [7, 11) is -2.28. The van der Waals surface area contributed by atoms with E-state index in [0.29, 0.717) is 36.5 Å². The van der Waals surface area contributed by atoms with Crippen molar-refractivity contribution in [2.75, 3.05) is 25.0 Å². The number of anilines is 1. The Morgan fingerprint density at radius 3 is 2.58 bits per heavy atom. The molecule has 2 heterocycles. The summed E-state index contributed by atoms with van der Waals surface area (Å²) in [6.07, 6.45) is 2.02. The number of hydrogen-bond donors (Lipinski definition) is 1. The predicted molar refractivity (Wildman–Crippen MR) is 127 cm³/mol. The van der Waals surface area contributed by atoms with Crippen LogP contribution in [0.15, 0.2) is 29.2 Å². The molecular weight excluding hydrogens is 442 g/mol. The van der Waals surface area contributed by atoms with E-state index in [0.717, 1.165) is 12.0 Å². The Bertz CT molecular complexity index is 1150. The van der Waals surface area contributed by atoms with Crippen molar-refractivity contribution in [2.45, 2.75) is 51.9 Å². The summed E-state index contributed by atoms with van der Waals surface area (Å²) in [5, 5.41) is 2.93. The summed E-state index contributed by atoms with van der Waals surface area (Å²) in [6.45, 7) is 7.62. The highest BCUT2D eigenvalue weighted by atomic mass is 32.2. The van der Waals surface area contributed by atoms with Gasteiger partial charge in [0.1, 0.15) is 10.5 Å². The van der Waals surface area contributed by atoms with E-state index in [2.05, 4.69) is 5.32 Å². The number of aromatic nitrogens is 1. The fourth-order valence-corrected chi connectivity index (χ4v) is 6.30. The van der Waals surface area contributed by atoms with E-state index in [-0.39, 0.29) is 29.5 Å². The number of carbonyl (C=O) groups is 2. The van der Waals surface area contributed by atoms with Crippen LogP contribution in [0.1, 0.15) is 54.0 Å². The molecule has 1 atom stereocenters. The number of aryl methyl sites for hydroxylation is 1. The smallest absolute Gasteiger partial charge is 0.341 e. The van der Waals surface area contributed by atoms with Crippen molar-refractivity contribution < 1.29 is 22.7 Å². The SMILES string of the molecule is CCOC(=O)c1c(S(=O)(=O)N2CCCC(C(=O)Nc3cccc(CC)c3)C2)c(C)n(C)c1C. The summed E-state index contributed by atoms with van der Waals surface area (Å²) in [5.41, 5.74) is 2.89. The lowest BCUT2D eigenvalue weighted by molar-refractivity contribution is -0.120. The minimum absolute atomic E-state index is 0.0299. The van der Waals surface area contributed by atoms with E-state index in [1.807, 2.05) is 31.2 Å². The van der Waals surface area contributed by atoms with Crippen molar-refractivity contribution >= 4 is 27.6 Å². The van der Waals surface area contributed by atoms with Gasteiger partial charge in [0.05, 0.1) is 12.5 Å². The quantitative estimate of drug-likeness (QED) is 0.619. The molecule has 1 saturated heterocycles. The fraction of sp³-hybridized carbons (Fsp3) is 0.500. The third kappa shape index (κ3) is 4.99. The van der Waals surface area contributed by atoms with Crippen LogP contribution < -0.4 is 5.32 Å². The Balaban J connectivity index is 1.87. The summed E-state index contributed by atoms with van der Waals surface area (Å²) in [4.78, 5) is 25.5. The average Bonchev–Trinajstić information content (AvgIpc) is 3.04. The standard InChI is InChI=1S/C24H33N3O5S/c1-6-18-10-8-12-20(14-18)25-23(28)19-11-9-13-27(15-19)33(30,31)22-17(4)26(5)16(3)21(22)24(29)32-7-2/h8,10,12,14,19H,6-7,9,11,13,15H2,1-5H3,(H,25,28). The molecule has 0 bridgehead atoms. The van der Waals surface area contributed by atoms with Gasteiger partial charge in [-0.2, -0.15) is 4.31 Å². The molecule has 0 spiro atoms. The lowest BCUT2D eigenvalue weighted by atomic mass is 9.98. The molecule has 0 radical (unpaired) electrons. The van der Waals surface area contributed by atoms with Gasteiger partial charge < -0.3 is 14.6 Å². The summed E-state index contributed by atoms with van der Waals surface area (Å²) in [5.74, 6) is -1.33. The maximum Gasteiger partial charge on any atom is 0.341 e. The van der Waals surface area contributed by atoms with Crippen LogP contribution in [0.2, 0.25) is 0 Å². The van der Waals surface area contributed by atoms with Crippen molar-refractivity contribution in [1.82, 2.24) is 8.87 Å². The maximum absolute atomic E-state index is 13.7. The third-order valence-corrected chi connectivity index (χ3v) is 8.39. The molecule has 180 valence electrons. The topological polar surface area (TPSA) is 97.7 Å². The van der Waals surface area contributed by atoms with Gasteiger partial charge >= 0.3 is 5.97 Å². The largest absolute Gasteiger partial charge is 0.462 e. The molecule has 1 aliphatic rings. The summed E-state index contributed by atoms with van der Waals surface area (Å²) < 4.78 is 35.5. The van der Waals surface area contributed by atoms with Gasteiger partial charge in [0, 0.05) is 37.2 Å². The molecule has 1 fully saturated rings. The fourth-order valence-electron chi connectivity index (χ4n) is 4.29. The van der Waals surface area contributed by atoms with E-state index >= 15 is 0 Å². The number of nitrogens with one attached hydrogen (secondary N) is 1. The molecule has 3 rings (SSSR count). The van der Waals surface area contributed by atoms with Crippen molar-refractivity contribution in [3.8, 4) is 0 Å². The summed E-state index contributed by atoms with van der Waals surface area (Å²) >= 11 is 0. The number of piperidine rings is 1. The number of benzene rings is 1. The molecule has 1 unspecified atom stereocenters. The van der Waals surface area contributed by atoms with E-state index in [9.17, 15) is 18.0 Å². The zero-order valence-corrected chi connectivity index (χ0v) is 20.8. The van der Waals surface area contributed by atoms with Gasteiger partial charge in [-0.05, 0) is 57.7 Å². The molecule has 0 aliphatic carbocycles. The second-order valence-electron chi connectivity index (χ2n) is 8.40. The zero-order valence-electron chi connectivity index (χ0n) is 20.0. The first-order valence-electron chi connectivity index (χ1n) is 11.3. The van der Waals surface area contributed by atoms with Gasteiger partial charge in [0.2, 0.25) is 15.9 Å². The minimum atomic E-state index is -4.01. The van der Waals surface area contributed by atoms with Crippen molar-refractivity contribution in [1.29, 1.82) is 0 Å². The van der Waals surface area contributed by atoms with Gasteiger partial charge in [0.25, 0.3) is 0 Å². The van der Waals surface area contributed by atoms with Crippen molar-refractivity contribution in [2.24, 2.45) is 13.0 Å². The Kier molecular flexibility index (Phi) is 7.64. The number of ether oxygens (including phenoxy) is 1. The minimum Gasteiger partial charge on any atom is -0.462 e. The van der Waals surface area contributed by atoms with Crippen molar-refractivity contribution in [3.63, 3.8) is 0 Å². The van der Waals surface area contributed by atoms with Gasteiger partial charge in [-0.25, -0.2) is 13.2 Å². The Morgan fingerprint density at radius 2 is 1.91 bits per heavy atom. The molecule has 1 N–H and O–H groups in total. The Morgan fingerprint density at radius 1 is 1.18 bits per heavy atom. The lowest BCUT2D eigenvalue weighted by Gasteiger charge is -2.31. The van der Waals surface area contributed by atoms with Gasteiger partial charge in [-0.1, -0.05) is 19.1 Å². The molecule has 1 aromatic heterocycles. The summed E-state index contributed by atoms with van der Waals surface area (Å²) in [6, 6.07) is 7.65. The number of esters is 1. The van der Waals surface area contributed by atoms with Gasteiger partial charge in [-0.3, -0.25) is 4.79 Å². The highest BCUT2D eigenvalue weighted by Crippen LogP contribution is 2.32. The van der Waals surface area contributed by atoms with Crippen LogP contribution in [0.3, 0.4) is 0 Å². The second-order valence-corrected chi connectivity index (χ2v) is 10.3. The average molecular weight is 476 g/mol. The number of carbonyl (C=O) groups excluding carboxylic acids is 2. The maximum atomic E-state index is 13.7. The molecule has 1 aliphatic heterocycles. The molecular formula is C24H33N3O5S. The first-order chi connectivity index (χ1) is 15.6. The van der Waals surface area contributed by atoms with E-state index < -0.39 is 21.9 Å². The highest BCUT2D eigenvalue weighted by molar-refractivity contribution is 7.89. The monoisotopic (exact) mass is 475 g/mol. The highest BCUT2D eigenvalue weighted by Gasteiger charge is 2.39. The second kappa shape index (κ2) is 10.1. The lowest BCUT2D eigenvalue weighted by Crippen LogP contribution is -2.44. The Hall–Kier alpha value is -2.65. The van der Waals surface area contributed by atoms with Crippen LogP contribution in [-0.2, 0) is 33.0 Å². The first kappa shape index (κ1) is 25.0. The molecule has 33 heavy (non-hydrogen) atoms. The van der Waals surface area contributed by atoms with Crippen LogP contribution in [-0.4, -0.2) is 48.9 Å². The number of nitrogens with zero attached hydrogens (tertiary/aromatic N) is 2. The van der Waals surface area contributed by atoms with Crippen LogP contribution in [0.5, 0.6) is 0 Å². The number of hydrogen-bond acceptors (Lipinski definition) is 5. The third-order valence-electron chi connectivity index (χ3n) is 6.36. The van der Waals surface area contributed by atoms with E-state index in [1.54, 1.807) is 32.4 Å². The molecule has 0 saturated carbocycles. The first-order valence-corrected chi connectivity index (χ1v) is 12.8. The van der Waals surface area contributed by atoms with Crippen LogP contribution >= 0.6 is 0 Å². The van der Waals surface area contributed by atoms with E-state index in [4.69, 9.17) is 4.74 Å². The number of sulfonamides is 1. The normalized spacial score (nSPS) is 17.1. The number of amides is 1.